The zero-order chi connectivity index (χ0) is 20.2. The molecule has 0 aliphatic carbocycles. The predicted molar refractivity (Wildman–Crippen MR) is 112 cm³/mol. The van der Waals surface area contributed by atoms with Crippen LogP contribution < -0.4 is 9.47 Å². The average Bonchev–Trinajstić information content (AvgIpc) is 3.44. The van der Waals surface area contributed by atoms with Crippen LogP contribution in [0.4, 0.5) is 0 Å². The molecule has 0 radical (unpaired) electrons. The third kappa shape index (κ3) is 4.27. The van der Waals surface area contributed by atoms with Gasteiger partial charge in [-0.1, -0.05) is 12.1 Å². The Morgan fingerprint density at radius 1 is 1.03 bits per heavy atom. The molecule has 0 bridgehead atoms. The lowest BCUT2D eigenvalue weighted by atomic mass is 9.98. The van der Waals surface area contributed by atoms with Gasteiger partial charge in [0.15, 0.2) is 0 Å². The van der Waals surface area contributed by atoms with Gasteiger partial charge in [-0.15, -0.1) is 0 Å². The Bertz CT molecular complexity index is 888. The van der Waals surface area contributed by atoms with Crippen LogP contribution in [0, 0.1) is 0 Å². The Morgan fingerprint density at radius 2 is 1.76 bits per heavy atom. The van der Waals surface area contributed by atoms with E-state index in [1.165, 1.54) is 0 Å². The van der Waals surface area contributed by atoms with Crippen LogP contribution in [0.1, 0.15) is 36.4 Å². The van der Waals surface area contributed by atoms with Crippen molar-refractivity contribution >= 4 is 11.6 Å². The molecule has 2 aliphatic heterocycles. The Kier molecular flexibility index (Phi) is 5.81. The van der Waals surface area contributed by atoms with Crippen molar-refractivity contribution in [2.24, 2.45) is 5.10 Å². The van der Waals surface area contributed by atoms with Gasteiger partial charge in [0.05, 0.1) is 32.5 Å². The van der Waals surface area contributed by atoms with Crippen LogP contribution in [-0.4, -0.2) is 55.4 Å². The smallest absolute Gasteiger partial charge is 0.257 e. The highest BCUT2D eigenvalue weighted by Crippen LogP contribution is 2.34. The topological polar surface area (TPSA) is 54.4 Å². The van der Waals surface area contributed by atoms with Crippen molar-refractivity contribution in [1.29, 1.82) is 0 Å². The fourth-order valence-corrected chi connectivity index (χ4v) is 4.01. The molecule has 2 aromatic carbocycles. The first-order chi connectivity index (χ1) is 14.2. The van der Waals surface area contributed by atoms with Crippen LogP contribution in [-0.2, 0) is 4.79 Å². The lowest BCUT2D eigenvalue weighted by molar-refractivity contribution is -0.134. The molecule has 1 amide bonds. The van der Waals surface area contributed by atoms with Gasteiger partial charge in [0, 0.05) is 6.42 Å². The first-order valence-corrected chi connectivity index (χ1v) is 10.1. The largest absolute Gasteiger partial charge is 0.497 e. The third-order valence-corrected chi connectivity index (χ3v) is 5.63. The van der Waals surface area contributed by atoms with E-state index in [9.17, 15) is 4.79 Å². The summed E-state index contributed by atoms with van der Waals surface area (Å²) in [6, 6.07) is 15.6. The van der Waals surface area contributed by atoms with Crippen molar-refractivity contribution in [3.63, 3.8) is 0 Å². The van der Waals surface area contributed by atoms with E-state index >= 15 is 0 Å². The van der Waals surface area contributed by atoms with Gasteiger partial charge in [0.25, 0.3) is 5.91 Å². The summed E-state index contributed by atoms with van der Waals surface area (Å²) in [6.45, 7) is 2.39. The van der Waals surface area contributed by atoms with E-state index in [1.54, 1.807) is 19.2 Å². The monoisotopic (exact) mass is 393 g/mol. The molecule has 0 unspecified atom stereocenters. The number of methoxy groups -OCH3 is 2. The maximum atomic E-state index is 13.1. The van der Waals surface area contributed by atoms with E-state index < -0.39 is 0 Å². The molecule has 2 aliphatic rings. The molecule has 6 nitrogen and oxygen atoms in total. The molecule has 1 fully saturated rings. The summed E-state index contributed by atoms with van der Waals surface area (Å²) in [5.74, 6) is 1.63. The minimum absolute atomic E-state index is 0.0447. The number of nitrogens with zero attached hydrogens (tertiary/aromatic N) is 3. The second-order valence-corrected chi connectivity index (χ2v) is 7.49. The lowest BCUT2D eigenvalue weighted by Crippen LogP contribution is -2.36. The maximum Gasteiger partial charge on any atom is 0.257 e. The summed E-state index contributed by atoms with van der Waals surface area (Å²) in [4.78, 5) is 15.4. The standard InChI is InChI=1S/C23H27N3O3/c1-28-19-10-8-17(9-11-19)21-15-22(18-6-5-7-20(14-18)29-2)26(24-21)23(27)16-25-12-3-4-13-25/h5-11,14,22H,3-4,12-13,15-16H2,1-2H3/t22-/m0/s1. The third-order valence-electron chi connectivity index (χ3n) is 5.63. The van der Waals surface area contributed by atoms with Gasteiger partial charge in [-0.2, -0.15) is 5.10 Å². The van der Waals surface area contributed by atoms with Crippen LogP contribution >= 0.6 is 0 Å². The molecule has 1 saturated heterocycles. The summed E-state index contributed by atoms with van der Waals surface area (Å²) in [6.07, 6.45) is 2.99. The number of hydrazone groups is 1. The SMILES string of the molecule is COc1ccc(C2=NN(C(=O)CN3CCCC3)[C@H](c3cccc(OC)c3)C2)cc1. The van der Waals surface area contributed by atoms with Crippen LogP contribution in [0.25, 0.3) is 0 Å². The van der Waals surface area contributed by atoms with Gasteiger partial charge >= 0.3 is 0 Å². The Hall–Kier alpha value is -2.86. The molecule has 152 valence electrons. The van der Waals surface area contributed by atoms with Gasteiger partial charge in [-0.05, 0) is 73.5 Å². The molecule has 0 N–H and O–H groups in total. The number of hydrogen-bond donors (Lipinski definition) is 0. The van der Waals surface area contributed by atoms with Gasteiger partial charge in [-0.3, -0.25) is 9.69 Å². The highest BCUT2D eigenvalue weighted by Gasteiger charge is 2.34. The molecular weight excluding hydrogens is 366 g/mol. The minimum Gasteiger partial charge on any atom is -0.497 e. The first kappa shape index (κ1) is 19.5. The molecule has 0 saturated carbocycles. The van der Waals surface area contributed by atoms with Gasteiger partial charge in [0.1, 0.15) is 11.5 Å². The van der Waals surface area contributed by atoms with E-state index in [-0.39, 0.29) is 11.9 Å². The zero-order valence-electron chi connectivity index (χ0n) is 17.0. The summed E-state index contributed by atoms with van der Waals surface area (Å²) >= 11 is 0. The maximum absolute atomic E-state index is 13.1. The summed E-state index contributed by atoms with van der Waals surface area (Å²) in [5, 5.41) is 6.43. The van der Waals surface area contributed by atoms with Crippen molar-refractivity contribution in [2.75, 3.05) is 33.9 Å². The number of ether oxygens (including phenoxy) is 2. The van der Waals surface area contributed by atoms with E-state index in [2.05, 4.69) is 4.90 Å². The zero-order valence-corrected chi connectivity index (χ0v) is 17.0. The van der Waals surface area contributed by atoms with E-state index in [4.69, 9.17) is 14.6 Å². The lowest BCUT2D eigenvalue weighted by Gasteiger charge is -2.24. The van der Waals surface area contributed by atoms with Crippen molar-refractivity contribution in [3.8, 4) is 11.5 Å². The van der Waals surface area contributed by atoms with E-state index in [0.29, 0.717) is 13.0 Å². The number of amides is 1. The van der Waals surface area contributed by atoms with Gasteiger partial charge in [-0.25, -0.2) is 5.01 Å². The fourth-order valence-electron chi connectivity index (χ4n) is 4.01. The number of rotatable bonds is 6. The molecule has 4 rings (SSSR count). The molecule has 2 aromatic rings. The molecular formula is C23H27N3O3. The average molecular weight is 393 g/mol. The predicted octanol–water partition coefficient (Wildman–Crippen LogP) is 3.48. The van der Waals surface area contributed by atoms with Crippen LogP contribution in [0.15, 0.2) is 53.6 Å². The highest BCUT2D eigenvalue weighted by atomic mass is 16.5. The summed E-state index contributed by atoms with van der Waals surface area (Å²) in [7, 11) is 3.31. The van der Waals surface area contributed by atoms with Crippen LogP contribution in [0.2, 0.25) is 0 Å². The van der Waals surface area contributed by atoms with Crippen LogP contribution in [0.5, 0.6) is 11.5 Å². The first-order valence-electron chi connectivity index (χ1n) is 10.1. The number of hydrogen-bond acceptors (Lipinski definition) is 5. The van der Waals surface area contributed by atoms with Gasteiger partial charge < -0.3 is 9.47 Å². The summed E-state index contributed by atoms with van der Waals surface area (Å²) in [5.41, 5.74) is 2.96. The van der Waals surface area contributed by atoms with E-state index in [0.717, 1.165) is 54.3 Å². The Morgan fingerprint density at radius 3 is 2.45 bits per heavy atom. The molecule has 0 aromatic heterocycles. The number of benzene rings is 2. The molecule has 2 heterocycles. The molecule has 0 spiro atoms. The minimum atomic E-state index is -0.127. The number of carbonyl (C=O) groups is 1. The second-order valence-electron chi connectivity index (χ2n) is 7.49. The Balaban J connectivity index is 1.62. The van der Waals surface area contributed by atoms with Crippen LogP contribution in [0.3, 0.4) is 0 Å². The second kappa shape index (κ2) is 8.66. The van der Waals surface area contributed by atoms with Gasteiger partial charge in [0.2, 0.25) is 0 Å². The van der Waals surface area contributed by atoms with E-state index in [1.807, 2.05) is 48.5 Å². The van der Waals surface area contributed by atoms with Crippen molar-refractivity contribution < 1.29 is 14.3 Å². The quantitative estimate of drug-likeness (QED) is 0.754. The van der Waals surface area contributed by atoms with Crippen molar-refractivity contribution in [2.45, 2.75) is 25.3 Å². The van der Waals surface area contributed by atoms with Crippen molar-refractivity contribution in [1.82, 2.24) is 9.91 Å². The number of likely N-dealkylation sites (tertiary alicyclic amines) is 1. The highest BCUT2D eigenvalue weighted by molar-refractivity contribution is 6.03. The molecule has 6 heteroatoms. The molecule has 1 atom stereocenters. The molecule has 29 heavy (non-hydrogen) atoms. The Labute approximate surface area is 171 Å². The summed E-state index contributed by atoms with van der Waals surface area (Å²) < 4.78 is 10.6. The fraction of sp³-hybridized carbons (Fsp3) is 0.391. The number of carbonyl (C=O) groups excluding carboxylic acids is 1. The van der Waals surface area contributed by atoms with Crippen molar-refractivity contribution in [3.05, 3.63) is 59.7 Å². The normalized spacial score (nSPS) is 19.3.